The molecule has 0 radical (unpaired) electrons. The minimum atomic E-state index is -0.486. The first-order valence-electron chi connectivity index (χ1n) is 6.62. The molecule has 0 spiro atoms. The summed E-state index contributed by atoms with van der Waals surface area (Å²) in [5, 5.41) is 2.98. The summed E-state index contributed by atoms with van der Waals surface area (Å²) in [6, 6.07) is 5.23. The number of anilines is 1. The minimum Gasteiger partial charge on any atom is -0.497 e. The lowest BCUT2D eigenvalue weighted by atomic mass is 10.1. The van der Waals surface area contributed by atoms with Crippen molar-refractivity contribution in [1.82, 2.24) is 4.98 Å². The molecule has 7 nitrogen and oxygen atoms in total. The molecule has 1 aromatic carbocycles. The SMILES string of the molecule is COC(=O)c1cnc(NC(=O)Cc2ccc(OC)cc2OC)s1. The zero-order valence-electron chi connectivity index (χ0n) is 12.9. The van der Waals surface area contributed by atoms with Gasteiger partial charge in [-0.3, -0.25) is 4.79 Å². The van der Waals surface area contributed by atoms with Crippen LogP contribution in [0, 0.1) is 0 Å². The van der Waals surface area contributed by atoms with Crippen LogP contribution >= 0.6 is 11.3 Å². The number of aromatic nitrogens is 1. The predicted molar refractivity (Wildman–Crippen MR) is 85.3 cm³/mol. The van der Waals surface area contributed by atoms with Crippen molar-refractivity contribution < 1.29 is 23.8 Å². The molecule has 1 N–H and O–H groups in total. The van der Waals surface area contributed by atoms with E-state index in [0.29, 0.717) is 21.5 Å². The first kappa shape index (κ1) is 16.8. The molecular weight excluding hydrogens is 320 g/mol. The average Bonchev–Trinajstić information content (AvgIpc) is 3.02. The standard InChI is InChI=1S/C15H16N2O5S/c1-20-10-5-4-9(11(7-10)21-2)6-13(18)17-15-16-8-12(23-15)14(19)22-3/h4-5,7-8H,6H2,1-3H3,(H,16,17,18). The Balaban J connectivity index is 2.05. The van der Waals surface area contributed by atoms with Crippen LogP contribution in [0.2, 0.25) is 0 Å². The van der Waals surface area contributed by atoms with Crippen LogP contribution in [0.25, 0.3) is 0 Å². The Bertz CT molecular complexity index is 714. The number of rotatable bonds is 6. The molecule has 1 aromatic heterocycles. The Labute approximate surface area is 137 Å². The number of methoxy groups -OCH3 is 3. The monoisotopic (exact) mass is 336 g/mol. The van der Waals surface area contributed by atoms with Gasteiger partial charge in [-0.05, 0) is 6.07 Å². The molecule has 1 amide bonds. The van der Waals surface area contributed by atoms with E-state index < -0.39 is 5.97 Å². The van der Waals surface area contributed by atoms with Crippen molar-refractivity contribution >= 4 is 28.3 Å². The van der Waals surface area contributed by atoms with Gasteiger partial charge in [-0.1, -0.05) is 17.4 Å². The summed E-state index contributed by atoms with van der Waals surface area (Å²) in [7, 11) is 4.37. The number of nitrogens with one attached hydrogen (secondary N) is 1. The Kier molecular flexibility index (Phi) is 5.53. The molecule has 0 saturated heterocycles. The Morgan fingerprint density at radius 3 is 2.65 bits per heavy atom. The van der Waals surface area contributed by atoms with Gasteiger partial charge in [0.15, 0.2) is 5.13 Å². The normalized spacial score (nSPS) is 10.0. The smallest absolute Gasteiger partial charge is 0.349 e. The van der Waals surface area contributed by atoms with Gasteiger partial charge in [0.2, 0.25) is 5.91 Å². The van der Waals surface area contributed by atoms with Crippen molar-refractivity contribution in [3.05, 3.63) is 34.8 Å². The highest BCUT2D eigenvalue weighted by Gasteiger charge is 2.14. The zero-order valence-corrected chi connectivity index (χ0v) is 13.7. The van der Waals surface area contributed by atoms with Crippen LogP contribution < -0.4 is 14.8 Å². The number of nitrogens with zero attached hydrogens (tertiary/aromatic N) is 1. The molecule has 8 heteroatoms. The summed E-state index contributed by atoms with van der Waals surface area (Å²) in [4.78, 5) is 27.8. The van der Waals surface area contributed by atoms with Crippen molar-refractivity contribution in [2.24, 2.45) is 0 Å². The van der Waals surface area contributed by atoms with Gasteiger partial charge in [-0.25, -0.2) is 9.78 Å². The Morgan fingerprint density at radius 1 is 1.22 bits per heavy atom. The molecule has 23 heavy (non-hydrogen) atoms. The fourth-order valence-electron chi connectivity index (χ4n) is 1.86. The van der Waals surface area contributed by atoms with Crippen LogP contribution in [0.5, 0.6) is 11.5 Å². The first-order chi connectivity index (χ1) is 11.1. The van der Waals surface area contributed by atoms with Crippen molar-refractivity contribution in [2.75, 3.05) is 26.6 Å². The molecule has 122 valence electrons. The lowest BCUT2D eigenvalue weighted by Gasteiger charge is -2.10. The van der Waals surface area contributed by atoms with Crippen molar-refractivity contribution in [1.29, 1.82) is 0 Å². The Hall–Kier alpha value is -2.61. The number of hydrogen-bond donors (Lipinski definition) is 1. The van der Waals surface area contributed by atoms with Gasteiger partial charge >= 0.3 is 5.97 Å². The van der Waals surface area contributed by atoms with E-state index in [-0.39, 0.29) is 12.3 Å². The number of hydrogen-bond acceptors (Lipinski definition) is 7. The van der Waals surface area contributed by atoms with Gasteiger partial charge in [0, 0.05) is 11.6 Å². The lowest BCUT2D eigenvalue weighted by Crippen LogP contribution is -2.14. The molecule has 0 aliphatic rings. The van der Waals surface area contributed by atoms with E-state index in [1.165, 1.54) is 20.4 Å². The summed E-state index contributed by atoms with van der Waals surface area (Å²) >= 11 is 1.05. The Morgan fingerprint density at radius 2 is 2.00 bits per heavy atom. The molecule has 0 aliphatic heterocycles. The molecule has 0 saturated carbocycles. The number of ether oxygens (including phenoxy) is 3. The molecule has 0 bridgehead atoms. The summed E-state index contributed by atoms with van der Waals surface area (Å²) in [6.07, 6.45) is 1.47. The fourth-order valence-corrected chi connectivity index (χ4v) is 2.61. The van der Waals surface area contributed by atoms with Gasteiger partial charge < -0.3 is 19.5 Å². The number of benzene rings is 1. The van der Waals surface area contributed by atoms with Crippen LogP contribution in [0.1, 0.15) is 15.2 Å². The topological polar surface area (TPSA) is 86.8 Å². The van der Waals surface area contributed by atoms with Gasteiger partial charge in [-0.2, -0.15) is 0 Å². The number of carbonyl (C=O) groups is 2. The summed E-state index contributed by atoms with van der Waals surface area (Å²) in [5.74, 6) is 0.460. The summed E-state index contributed by atoms with van der Waals surface area (Å²) in [6.45, 7) is 0. The third-order valence-corrected chi connectivity index (χ3v) is 3.88. The number of thiazole rings is 1. The molecule has 1 heterocycles. The first-order valence-corrected chi connectivity index (χ1v) is 7.44. The third kappa shape index (κ3) is 4.19. The van der Waals surface area contributed by atoms with Crippen molar-refractivity contribution in [2.45, 2.75) is 6.42 Å². The van der Waals surface area contributed by atoms with Crippen LogP contribution in [0.4, 0.5) is 5.13 Å². The van der Waals surface area contributed by atoms with E-state index in [2.05, 4.69) is 15.0 Å². The highest BCUT2D eigenvalue weighted by Crippen LogP contribution is 2.25. The summed E-state index contributed by atoms with van der Waals surface area (Å²) < 4.78 is 15.0. The molecule has 0 unspecified atom stereocenters. The van der Waals surface area contributed by atoms with Gasteiger partial charge in [-0.15, -0.1) is 0 Å². The zero-order chi connectivity index (χ0) is 16.8. The number of carbonyl (C=O) groups excluding carboxylic acids is 2. The van der Waals surface area contributed by atoms with Crippen molar-refractivity contribution in [3.63, 3.8) is 0 Å². The van der Waals surface area contributed by atoms with E-state index in [9.17, 15) is 9.59 Å². The largest absolute Gasteiger partial charge is 0.497 e. The molecule has 0 aliphatic carbocycles. The van der Waals surface area contributed by atoms with Crippen LogP contribution in [0.15, 0.2) is 24.4 Å². The molecule has 0 fully saturated rings. The van der Waals surface area contributed by atoms with E-state index in [4.69, 9.17) is 9.47 Å². The lowest BCUT2D eigenvalue weighted by molar-refractivity contribution is -0.115. The van der Waals surface area contributed by atoms with E-state index >= 15 is 0 Å². The van der Waals surface area contributed by atoms with E-state index in [1.54, 1.807) is 25.3 Å². The van der Waals surface area contributed by atoms with Crippen molar-refractivity contribution in [3.8, 4) is 11.5 Å². The predicted octanol–water partition coefficient (Wildman–Crippen LogP) is 2.13. The maximum Gasteiger partial charge on any atom is 0.349 e. The second kappa shape index (κ2) is 7.59. The van der Waals surface area contributed by atoms with Crippen LogP contribution in [-0.4, -0.2) is 38.2 Å². The summed E-state index contributed by atoms with van der Waals surface area (Å²) in [5.41, 5.74) is 0.718. The second-order valence-electron chi connectivity index (χ2n) is 4.42. The molecule has 0 atom stereocenters. The van der Waals surface area contributed by atoms with Gasteiger partial charge in [0.1, 0.15) is 16.4 Å². The number of esters is 1. The van der Waals surface area contributed by atoms with Gasteiger partial charge in [0.05, 0.1) is 33.9 Å². The third-order valence-electron chi connectivity index (χ3n) is 2.98. The molecule has 2 aromatic rings. The second-order valence-corrected chi connectivity index (χ2v) is 5.45. The maximum absolute atomic E-state index is 12.1. The molecular formula is C15H16N2O5S. The maximum atomic E-state index is 12.1. The average molecular weight is 336 g/mol. The minimum absolute atomic E-state index is 0.111. The quantitative estimate of drug-likeness (QED) is 0.813. The molecule has 2 rings (SSSR count). The highest BCUT2D eigenvalue weighted by atomic mass is 32.1. The van der Waals surface area contributed by atoms with E-state index in [1.807, 2.05) is 0 Å². The van der Waals surface area contributed by atoms with Gasteiger partial charge in [0.25, 0.3) is 0 Å². The van der Waals surface area contributed by atoms with Crippen LogP contribution in [0.3, 0.4) is 0 Å². The van der Waals surface area contributed by atoms with Crippen LogP contribution in [-0.2, 0) is 16.0 Å². The highest BCUT2D eigenvalue weighted by molar-refractivity contribution is 7.17. The fraction of sp³-hybridized carbons (Fsp3) is 0.267. The number of amides is 1. The van der Waals surface area contributed by atoms with E-state index in [0.717, 1.165) is 16.9 Å².